The molecule has 0 spiro atoms. The average molecular weight is 627 g/mol. The lowest BCUT2D eigenvalue weighted by atomic mass is 10.2. The van der Waals surface area contributed by atoms with Crippen LogP contribution in [0.4, 0.5) is 0 Å². The van der Waals surface area contributed by atoms with E-state index in [4.69, 9.17) is 38.4 Å². The summed E-state index contributed by atoms with van der Waals surface area (Å²) in [5, 5.41) is 1.86. The van der Waals surface area contributed by atoms with Crippen molar-refractivity contribution in [2.45, 2.75) is 0 Å². The Kier molecular flexibility index (Phi) is 8.83. The molecule has 10 heteroatoms. The molecule has 0 N–H and O–H groups in total. The van der Waals surface area contributed by atoms with E-state index in [-0.39, 0.29) is 0 Å². The highest BCUT2D eigenvalue weighted by molar-refractivity contribution is 7.22. The first kappa shape index (κ1) is 28.5. The molecule has 6 aromatic rings. The van der Waals surface area contributed by atoms with Crippen molar-refractivity contribution in [3.63, 3.8) is 0 Å². The molecule has 1 aliphatic heterocycles. The van der Waals surface area contributed by atoms with Crippen LogP contribution in [0.15, 0.2) is 84.9 Å². The van der Waals surface area contributed by atoms with E-state index in [0.717, 1.165) is 41.6 Å². The molecule has 224 valence electrons. The van der Waals surface area contributed by atoms with Crippen molar-refractivity contribution in [3.8, 4) is 44.1 Å². The van der Waals surface area contributed by atoms with Crippen molar-refractivity contribution in [2.75, 3.05) is 52.9 Å². The van der Waals surface area contributed by atoms with Gasteiger partial charge in [-0.05, 0) is 60.7 Å². The molecule has 0 saturated heterocycles. The molecule has 1 aliphatic rings. The van der Waals surface area contributed by atoms with E-state index in [1.165, 1.54) is 0 Å². The monoisotopic (exact) mass is 626 g/mol. The number of aromatic nitrogens is 2. The molecule has 0 aliphatic carbocycles. The normalized spacial score (nSPS) is 15.1. The second-order valence-electron chi connectivity index (χ2n) is 9.92. The van der Waals surface area contributed by atoms with Crippen LogP contribution < -0.4 is 18.9 Å². The number of ether oxygens (including phenoxy) is 6. The lowest BCUT2D eigenvalue weighted by Crippen LogP contribution is -2.15. The Balaban J connectivity index is 1.03. The Morgan fingerprint density at radius 2 is 0.841 bits per heavy atom. The number of nitrogens with zero attached hydrogens (tertiary/aromatic N) is 2. The van der Waals surface area contributed by atoms with Gasteiger partial charge in [0.1, 0.15) is 36.4 Å². The third kappa shape index (κ3) is 6.63. The minimum atomic E-state index is 0.359. The summed E-state index contributed by atoms with van der Waals surface area (Å²) in [6.07, 6.45) is 0. The Hall–Kier alpha value is -4.22. The molecule has 0 fully saturated rings. The predicted octanol–water partition coefficient (Wildman–Crippen LogP) is 7.50. The number of thiazole rings is 2. The van der Waals surface area contributed by atoms with Gasteiger partial charge in [0.05, 0.1) is 46.9 Å². The molecule has 2 aromatic heterocycles. The van der Waals surface area contributed by atoms with Gasteiger partial charge in [0.15, 0.2) is 23.0 Å². The van der Waals surface area contributed by atoms with Crippen LogP contribution in [0.5, 0.6) is 23.0 Å². The van der Waals surface area contributed by atoms with Gasteiger partial charge in [0.2, 0.25) is 0 Å². The Labute approximate surface area is 262 Å². The fourth-order valence-electron chi connectivity index (χ4n) is 4.78. The van der Waals surface area contributed by atoms with Gasteiger partial charge >= 0.3 is 0 Å². The van der Waals surface area contributed by atoms with E-state index in [9.17, 15) is 0 Å². The molecule has 0 radical (unpaired) electrons. The molecule has 4 aromatic carbocycles. The average Bonchev–Trinajstić information content (AvgIpc) is 3.69. The fraction of sp³-hybridized carbons (Fsp3) is 0.235. The topological polar surface area (TPSA) is 81.2 Å². The summed E-state index contributed by atoms with van der Waals surface area (Å²) in [4.78, 5) is 9.58. The van der Waals surface area contributed by atoms with E-state index < -0.39 is 0 Å². The number of para-hydroxylation sites is 2. The summed E-state index contributed by atoms with van der Waals surface area (Å²) in [6, 6.07) is 28.1. The third-order valence-electron chi connectivity index (χ3n) is 6.91. The van der Waals surface area contributed by atoms with Gasteiger partial charge in [-0.15, -0.1) is 22.7 Å². The highest BCUT2D eigenvalue weighted by atomic mass is 32.1. The van der Waals surface area contributed by atoms with Crippen LogP contribution in [0.1, 0.15) is 0 Å². The lowest BCUT2D eigenvalue weighted by Gasteiger charge is -2.16. The van der Waals surface area contributed by atoms with Crippen molar-refractivity contribution in [3.05, 3.63) is 84.9 Å². The quantitative estimate of drug-likeness (QED) is 0.196. The fourth-order valence-corrected chi connectivity index (χ4v) is 6.71. The van der Waals surface area contributed by atoms with E-state index >= 15 is 0 Å². The predicted molar refractivity (Wildman–Crippen MR) is 174 cm³/mol. The van der Waals surface area contributed by atoms with Crippen molar-refractivity contribution in [1.29, 1.82) is 0 Å². The van der Waals surface area contributed by atoms with Crippen LogP contribution >= 0.6 is 22.7 Å². The zero-order valence-corrected chi connectivity index (χ0v) is 25.5. The highest BCUT2D eigenvalue weighted by Gasteiger charge is 2.14. The number of hydrogen-bond acceptors (Lipinski definition) is 10. The maximum absolute atomic E-state index is 6.13. The molecular weight excluding hydrogens is 597 g/mol. The maximum atomic E-state index is 6.13. The van der Waals surface area contributed by atoms with E-state index in [2.05, 4.69) is 12.1 Å². The van der Waals surface area contributed by atoms with Gasteiger partial charge in [0.25, 0.3) is 0 Å². The second kappa shape index (κ2) is 13.6. The van der Waals surface area contributed by atoms with Crippen molar-refractivity contribution < 1.29 is 28.4 Å². The minimum Gasteiger partial charge on any atom is -0.487 e. The summed E-state index contributed by atoms with van der Waals surface area (Å²) < 4.78 is 38.3. The largest absolute Gasteiger partial charge is 0.487 e. The standard InChI is InChI=1S/C34H30N2O6S2/c1-3-7-31-25(5-1)35-33(43-31)23-9-11-27-29(21-23)41-19-15-38-16-20-42-30-22-24(34-36-26-6-2-4-8-32(26)44-34)10-12-28(30)40-18-14-37-13-17-39-27/h1-12,21-22H,13-20H2. The van der Waals surface area contributed by atoms with Crippen molar-refractivity contribution in [2.24, 2.45) is 0 Å². The molecular formula is C34H30N2O6S2. The van der Waals surface area contributed by atoms with E-state index in [0.29, 0.717) is 75.9 Å². The summed E-state index contributed by atoms with van der Waals surface area (Å²) in [5.74, 6) is 2.58. The maximum Gasteiger partial charge on any atom is 0.161 e. The van der Waals surface area contributed by atoms with Crippen LogP contribution in [0.25, 0.3) is 41.6 Å². The smallest absolute Gasteiger partial charge is 0.161 e. The summed E-state index contributed by atoms with van der Waals surface area (Å²) in [7, 11) is 0. The number of benzene rings is 4. The Bertz CT molecular complexity index is 1670. The molecule has 0 unspecified atom stereocenters. The first-order valence-corrected chi connectivity index (χ1v) is 16.1. The van der Waals surface area contributed by atoms with Crippen LogP contribution in [-0.2, 0) is 9.47 Å². The van der Waals surface area contributed by atoms with Crippen LogP contribution in [-0.4, -0.2) is 62.8 Å². The molecule has 3 heterocycles. The summed E-state index contributed by atoms with van der Waals surface area (Å²) >= 11 is 3.30. The lowest BCUT2D eigenvalue weighted by molar-refractivity contribution is 0.0640. The first-order chi connectivity index (χ1) is 21.8. The van der Waals surface area contributed by atoms with E-state index in [1.807, 2.05) is 72.8 Å². The van der Waals surface area contributed by atoms with Crippen LogP contribution in [0.3, 0.4) is 0 Å². The summed E-state index contributed by atoms with van der Waals surface area (Å²) in [6.45, 7) is 3.07. The van der Waals surface area contributed by atoms with Gasteiger partial charge < -0.3 is 28.4 Å². The van der Waals surface area contributed by atoms with Gasteiger partial charge in [0, 0.05) is 11.1 Å². The number of fused-ring (bicyclic) bond motifs is 4. The second-order valence-corrected chi connectivity index (χ2v) is 12.0. The molecule has 0 saturated carbocycles. The third-order valence-corrected chi connectivity index (χ3v) is 9.08. The summed E-state index contributed by atoms with van der Waals surface area (Å²) in [5.41, 5.74) is 3.91. The SMILES string of the molecule is c1ccc2sc(-c3ccc4c(c3)OCCOCCOc3cc(-c5nc6ccccc6s5)ccc3OCCOCCO4)nc2c1. The van der Waals surface area contributed by atoms with Gasteiger partial charge in [-0.25, -0.2) is 9.97 Å². The zero-order chi connectivity index (χ0) is 29.6. The number of rotatable bonds is 2. The molecule has 8 nitrogen and oxygen atoms in total. The molecule has 7 rings (SSSR count). The number of hydrogen-bond donors (Lipinski definition) is 0. The van der Waals surface area contributed by atoms with Gasteiger partial charge in [-0.1, -0.05) is 24.3 Å². The minimum absolute atomic E-state index is 0.359. The highest BCUT2D eigenvalue weighted by Crippen LogP contribution is 2.37. The Morgan fingerprint density at radius 1 is 0.432 bits per heavy atom. The molecule has 0 amide bonds. The van der Waals surface area contributed by atoms with Crippen molar-refractivity contribution in [1.82, 2.24) is 9.97 Å². The van der Waals surface area contributed by atoms with Gasteiger partial charge in [-0.2, -0.15) is 0 Å². The Morgan fingerprint density at radius 3 is 1.27 bits per heavy atom. The zero-order valence-electron chi connectivity index (χ0n) is 23.9. The van der Waals surface area contributed by atoms with Crippen LogP contribution in [0.2, 0.25) is 0 Å². The first-order valence-electron chi connectivity index (χ1n) is 14.5. The van der Waals surface area contributed by atoms with Crippen LogP contribution in [0, 0.1) is 0 Å². The molecule has 0 bridgehead atoms. The molecule has 0 atom stereocenters. The van der Waals surface area contributed by atoms with Gasteiger partial charge in [-0.3, -0.25) is 0 Å². The molecule has 44 heavy (non-hydrogen) atoms. The van der Waals surface area contributed by atoms with Crippen molar-refractivity contribution >= 4 is 43.1 Å². The van der Waals surface area contributed by atoms with E-state index in [1.54, 1.807) is 22.7 Å².